The van der Waals surface area contributed by atoms with Gasteiger partial charge in [-0.25, -0.2) is 0 Å². The molecule has 126 valence electrons. The molecule has 2 aromatic rings. The third-order valence-corrected chi connectivity index (χ3v) is 5.42. The Balaban J connectivity index is 1.88. The average Bonchev–Trinajstić information content (AvgIpc) is 3.16. The molecule has 0 saturated heterocycles. The first kappa shape index (κ1) is 15.8. The van der Waals surface area contributed by atoms with Gasteiger partial charge in [-0.3, -0.25) is 4.79 Å². The maximum Gasteiger partial charge on any atom is 0.255 e. The summed E-state index contributed by atoms with van der Waals surface area (Å²) in [6.07, 6.45) is 1.19. The van der Waals surface area contributed by atoms with Crippen LogP contribution < -0.4 is 10.2 Å². The minimum absolute atomic E-state index is 0.0883. The molecule has 0 saturated carbocycles. The lowest BCUT2D eigenvalue weighted by Crippen LogP contribution is -2.51. The molecule has 6 nitrogen and oxygen atoms in total. The van der Waals surface area contributed by atoms with E-state index in [0.29, 0.717) is 13.0 Å². The largest absolute Gasteiger partial charge is 0.353 e. The van der Waals surface area contributed by atoms with Gasteiger partial charge < -0.3 is 10.2 Å². The van der Waals surface area contributed by atoms with Gasteiger partial charge >= 0.3 is 0 Å². The summed E-state index contributed by atoms with van der Waals surface area (Å²) in [6, 6.07) is 13.5. The molecule has 1 N–H and O–H groups in total. The molecule has 0 bridgehead atoms. The predicted molar refractivity (Wildman–Crippen MR) is 97.9 cm³/mol. The van der Waals surface area contributed by atoms with Crippen molar-refractivity contribution in [3.8, 4) is 0 Å². The zero-order valence-corrected chi connectivity index (χ0v) is 14.2. The Morgan fingerprint density at radius 1 is 1.28 bits per heavy atom. The van der Waals surface area contributed by atoms with E-state index in [1.54, 1.807) is 0 Å². The van der Waals surface area contributed by atoms with E-state index in [1.165, 1.54) is 0 Å². The molecule has 4 rings (SSSR count). The monoisotopic (exact) mass is 353 g/mol. The highest BCUT2D eigenvalue weighted by molar-refractivity contribution is 6.32. The molecular weight excluding hydrogens is 338 g/mol. The molecule has 2 aliphatic rings. The fourth-order valence-corrected chi connectivity index (χ4v) is 4.26. The number of azide groups is 1. The molecule has 2 aliphatic heterocycles. The van der Waals surface area contributed by atoms with Crippen LogP contribution >= 0.6 is 11.6 Å². The zero-order chi connectivity index (χ0) is 17.4. The van der Waals surface area contributed by atoms with Crippen LogP contribution in [0.4, 0.5) is 11.4 Å². The highest BCUT2D eigenvalue weighted by atomic mass is 35.5. The first-order valence-corrected chi connectivity index (χ1v) is 8.53. The lowest BCUT2D eigenvalue weighted by Gasteiger charge is -2.39. The van der Waals surface area contributed by atoms with E-state index < -0.39 is 5.54 Å². The lowest BCUT2D eigenvalue weighted by atomic mass is 9.85. The number of amides is 1. The number of carbonyl (C=O) groups excluding carboxylic acids is 1. The number of rotatable bonds is 4. The Morgan fingerprint density at radius 3 is 2.96 bits per heavy atom. The third kappa shape index (κ3) is 2.26. The smallest absolute Gasteiger partial charge is 0.255 e. The van der Waals surface area contributed by atoms with E-state index in [2.05, 4.69) is 20.2 Å². The van der Waals surface area contributed by atoms with Crippen LogP contribution in [0.1, 0.15) is 17.5 Å². The van der Waals surface area contributed by atoms with Crippen molar-refractivity contribution in [2.24, 2.45) is 5.11 Å². The zero-order valence-electron chi connectivity index (χ0n) is 13.4. The van der Waals surface area contributed by atoms with E-state index >= 15 is 0 Å². The molecule has 0 aromatic heterocycles. The number of benzene rings is 2. The number of fused-ring (bicyclic) bond motifs is 2. The van der Waals surface area contributed by atoms with Gasteiger partial charge in [0.15, 0.2) is 0 Å². The van der Waals surface area contributed by atoms with Gasteiger partial charge in [-0.05, 0) is 42.1 Å². The van der Waals surface area contributed by atoms with Gasteiger partial charge in [0.05, 0.1) is 0 Å². The first-order valence-electron chi connectivity index (χ1n) is 8.15. The van der Waals surface area contributed by atoms with Crippen molar-refractivity contribution < 1.29 is 4.79 Å². The summed E-state index contributed by atoms with van der Waals surface area (Å²) in [5.74, 6) is -0.0883. The number of hydrogen-bond donors (Lipinski definition) is 1. The predicted octanol–water partition coefficient (Wildman–Crippen LogP) is 4.25. The van der Waals surface area contributed by atoms with Crippen molar-refractivity contribution in [2.45, 2.75) is 18.4 Å². The van der Waals surface area contributed by atoms with Crippen LogP contribution in [0.3, 0.4) is 0 Å². The topological polar surface area (TPSA) is 81.1 Å². The van der Waals surface area contributed by atoms with Gasteiger partial charge in [0.25, 0.3) is 5.91 Å². The summed E-state index contributed by atoms with van der Waals surface area (Å²) in [4.78, 5) is 18.1. The Hall–Kier alpha value is -2.69. The molecule has 2 heterocycles. The molecular formula is C18H16ClN5O. The van der Waals surface area contributed by atoms with Crippen LogP contribution in [-0.2, 0) is 16.8 Å². The van der Waals surface area contributed by atoms with Crippen LogP contribution in [0.2, 0.25) is 5.02 Å². The van der Waals surface area contributed by atoms with E-state index in [1.807, 2.05) is 42.5 Å². The second-order valence-electron chi connectivity index (χ2n) is 6.20. The molecule has 1 atom stereocenters. The number of nitrogens with one attached hydrogen (secondary N) is 1. The van der Waals surface area contributed by atoms with Crippen molar-refractivity contribution in [3.63, 3.8) is 0 Å². The minimum atomic E-state index is -0.888. The van der Waals surface area contributed by atoms with Crippen molar-refractivity contribution in [1.82, 2.24) is 0 Å². The van der Waals surface area contributed by atoms with E-state index in [9.17, 15) is 4.79 Å². The molecule has 1 amide bonds. The molecule has 0 unspecified atom stereocenters. The maximum absolute atomic E-state index is 13.1. The minimum Gasteiger partial charge on any atom is -0.353 e. The Labute approximate surface area is 150 Å². The van der Waals surface area contributed by atoms with Crippen molar-refractivity contribution >= 4 is 28.9 Å². The number of halogens is 1. The number of hydrogen-bond acceptors (Lipinski definition) is 3. The number of anilines is 2. The molecule has 25 heavy (non-hydrogen) atoms. The van der Waals surface area contributed by atoms with Gasteiger partial charge in [0.2, 0.25) is 0 Å². The summed E-state index contributed by atoms with van der Waals surface area (Å²) in [5, 5.41) is 7.39. The number of nitrogens with zero attached hydrogens (tertiary/aromatic N) is 4. The fourth-order valence-electron chi connectivity index (χ4n) is 4.00. The Morgan fingerprint density at radius 2 is 2.12 bits per heavy atom. The van der Waals surface area contributed by atoms with Crippen molar-refractivity contribution in [3.05, 3.63) is 69.1 Å². The molecule has 7 heteroatoms. The van der Waals surface area contributed by atoms with Crippen LogP contribution in [-0.4, -0.2) is 19.0 Å². The standard InChI is InChI=1S/C18H16ClN5O/c19-14-5-3-7-16-12(14)8-11-24(16)18(9-10-21-23-20)13-4-1-2-6-15(13)22-17(18)25/h1-7H,8-11H2,(H,22,25)/t18-/m0/s1. The molecule has 2 aromatic carbocycles. The lowest BCUT2D eigenvalue weighted by molar-refractivity contribution is -0.121. The highest BCUT2D eigenvalue weighted by Gasteiger charge is 2.52. The van der Waals surface area contributed by atoms with Crippen LogP contribution in [0, 0.1) is 0 Å². The van der Waals surface area contributed by atoms with Gasteiger partial charge in [-0.2, -0.15) is 0 Å². The van der Waals surface area contributed by atoms with Crippen molar-refractivity contribution in [2.75, 3.05) is 23.3 Å². The van der Waals surface area contributed by atoms with Crippen molar-refractivity contribution in [1.29, 1.82) is 0 Å². The van der Waals surface area contributed by atoms with Crippen LogP contribution in [0.15, 0.2) is 47.6 Å². The van der Waals surface area contributed by atoms with Gasteiger partial charge in [0, 0.05) is 40.0 Å². The van der Waals surface area contributed by atoms with E-state index in [4.69, 9.17) is 17.1 Å². The van der Waals surface area contributed by atoms with E-state index in [-0.39, 0.29) is 12.5 Å². The second kappa shape index (κ2) is 5.99. The third-order valence-electron chi connectivity index (χ3n) is 5.06. The van der Waals surface area contributed by atoms with Gasteiger partial charge in [-0.15, -0.1) is 0 Å². The quantitative estimate of drug-likeness (QED) is 0.506. The average molecular weight is 354 g/mol. The summed E-state index contributed by atoms with van der Waals surface area (Å²) in [7, 11) is 0. The van der Waals surface area contributed by atoms with E-state index in [0.717, 1.165) is 33.9 Å². The molecule has 0 spiro atoms. The maximum atomic E-state index is 13.1. The normalized spacial score (nSPS) is 20.7. The van der Waals surface area contributed by atoms with Crippen LogP contribution in [0.25, 0.3) is 10.4 Å². The fraction of sp³-hybridized carbons (Fsp3) is 0.278. The summed E-state index contributed by atoms with van der Waals surface area (Å²) in [6.45, 7) is 0.932. The number of para-hydroxylation sites is 1. The summed E-state index contributed by atoms with van der Waals surface area (Å²) in [5.41, 5.74) is 11.5. The Bertz CT molecular complexity index is 908. The molecule has 0 fully saturated rings. The summed E-state index contributed by atoms with van der Waals surface area (Å²) < 4.78 is 0. The Kier molecular flexibility index (Phi) is 3.79. The summed E-state index contributed by atoms with van der Waals surface area (Å²) >= 11 is 6.36. The second-order valence-corrected chi connectivity index (χ2v) is 6.61. The number of carbonyl (C=O) groups is 1. The first-order chi connectivity index (χ1) is 12.2. The van der Waals surface area contributed by atoms with Crippen LogP contribution in [0.5, 0.6) is 0 Å². The molecule has 0 aliphatic carbocycles. The SMILES string of the molecule is [N-]=[N+]=NCC[C@@]1(N2CCc3c(Cl)cccc32)C(=O)Nc2ccccc21. The molecule has 0 radical (unpaired) electrons. The van der Waals surface area contributed by atoms with Gasteiger partial charge in [0.1, 0.15) is 5.54 Å². The van der Waals surface area contributed by atoms with Gasteiger partial charge in [-0.1, -0.05) is 41.0 Å². The highest BCUT2D eigenvalue weighted by Crippen LogP contribution is 2.48.